The summed E-state index contributed by atoms with van der Waals surface area (Å²) in [4.78, 5) is 32.6. The van der Waals surface area contributed by atoms with Crippen molar-refractivity contribution in [2.24, 2.45) is 0 Å². The average molecular weight is 594 g/mol. The minimum Gasteiger partial charge on any atom is -0.388 e. The van der Waals surface area contributed by atoms with Crippen LogP contribution in [-0.4, -0.2) is 67.5 Å². The van der Waals surface area contributed by atoms with Crippen LogP contribution in [0.25, 0.3) is 16.7 Å². The summed E-state index contributed by atoms with van der Waals surface area (Å²) in [5.74, 6) is -0.104. The van der Waals surface area contributed by atoms with Gasteiger partial charge in [-0.25, -0.2) is 4.98 Å². The van der Waals surface area contributed by atoms with E-state index in [9.17, 15) is 14.7 Å². The van der Waals surface area contributed by atoms with Crippen LogP contribution in [0.15, 0.2) is 65.7 Å². The smallest absolute Gasteiger partial charge is 0.262 e. The van der Waals surface area contributed by atoms with E-state index < -0.39 is 5.60 Å². The highest BCUT2D eigenvalue weighted by Gasteiger charge is 2.43. The SMILES string of the molecule is O=C(c1ccc(Cl)cc1)N1CCC(O)(Cn2cnc3c(cc(Cl)n3-c3ccc(C4COC5CC5N4)cc3)c2=O)CC1. The molecule has 3 atom stereocenters. The summed E-state index contributed by atoms with van der Waals surface area (Å²) < 4.78 is 9.03. The van der Waals surface area contributed by atoms with Gasteiger partial charge in [-0.1, -0.05) is 35.3 Å². The van der Waals surface area contributed by atoms with E-state index >= 15 is 0 Å². The van der Waals surface area contributed by atoms with Crippen LogP contribution in [0.1, 0.15) is 41.2 Å². The maximum Gasteiger partial charge on any atom is 0.262 e. The molecular formula is C30H29Cl2N5O4. The molecule has 11 heteroatoms. The van der Waals surface area contributed by atoms with Crippen LogP contribution in [0.4, 0.5) is 0 Å². The molecule has 0 spiro atoms. The lowest BCUT2D eigenvalue weighted by atomic mass is 9.91. The molecule has 1 saturated carbocycles. The van der Waals surface area contributed by atoms with Gasteiger partial charge < -0.3 is 20.1 Å². The first-order valence-electron chi connectivity index (χ1n) is 13.8. The molecule has 7 rings (SSSR count). The fraction of sp³-hybridized carbons (Fsp3) is 0.367. The van der Waals surface area contributed by atoms with E-state index in [-0.39, 0.29) is 24.1 Å². The highest BCUT2D eigenvalue weighted by atomic mass is 35.5. The Bertz CT molecular complexity index is 1680. The minimum absolute atomic E-state index is 0.0769. The lowest BCUT2D eigenvalue weighted by molar-refractivity contribution is -0.0299. The number of rotatable bonds is 5. The largest absolute Gasteiger partial charge is 0.388 e. The van der Waals surface area contributed by atoms with Gasteiger partial charge in [0, 0.05) is 35.4 Å². The van der Waals surface area contributed by atoms with Crippen molar-refractivity contribution in [3.63, 3.8) is 0 Å². The molecule has 41 heavy (non-hydrogen) atoms. The van der Waals surface area contributed by atoms with Crippen LogP contribution in [0.2, 0.25) is 10.2 Å². The van der Waals surface area contributed by atoms with E-state index in [1.54, 1.807) is 39.8 Å². The van der Waals surface area contributed by atoms with Gasteiger partial charge in [-0.05, 0) is 67.3 Å². The van der Waals surface area contributed by atoms with Gasteiger partial charge >= 0.3 is 0 Å². The van der Waals surface area contributed by atoms with Gasteiger partial charge in [0.2, 0.25) is 0 Å². The Morgan fingerprint density at radius 2 is 1.83 bits per heavy atom. The van der Waals surface area contributed by atoms with E-state index in [2.05, 4.69) is 10.3 Å². The van der Waals surface area contributed by atoms with Gasteiger partial charge in [-0.15, -0.1) is 0 Å². The van der Waals surface area contributed by atoms with E-state index in [0.29, 0.717) is 71.5 Å². The van der Waals surface area contributed by atoms with Crippen molar-refractivity contribution in [2.75, 3.05) is 19.7 Å². The van der Waals surface area contributed by atoms with Gasteiger partial charge in [-0.2, -0.15) is 0 Å². The lowest BCUT2D eigenvalue weighted by Gasteiger charge is -2.38. The molecule has 0 radical (unpaired) electrons. The number of nitrogens with one attached hydrogen (secondary N) is 1. The number of amides is 1. The molecule has 4 heterocycles. The van der Waals surface area contributed by atoms with Gasteiger partial charge in [0.1, 0.15) is 11.5 Å². The summed E-state index contributed by atoms with van der Waals surface area (Å²) in [6.45, 7) is 1.49. The van der Waals surface area contributed by atoms with Crippen LogP contribution in [0.5, 0.6) is 0 Å². The molecule has 2 aromatic heterocycles. The Morgan fingerprint density at radius 1 is 1.10 bits per heavy atom. The Hall–Kier alpha value is -3.21. The van der Waals surface area contributed by atoms with Crippen molar-refractivity contribution in [2.45, 2.75) is 49.6 Å². The van der Waals surface area contributed by atoms with Crippen molar-refractivity contribution in [1.82, 2.24) is 24.3 Å². The second-order valence-corrected chi connectivity index (χ2v) is 12.1. The van der Waals surface area contributed by atoms with E-state index in [4.69, 9.17) is 27.9 Å². The molecule has 1 amide bonds. The molecule has 0 bridgehead atoms. The Kier molecular flexibility index (Phi) is 6.67. The molecule has 9 nitrogen and oxygen atoms in total. The topological polar surface area (TPSA) is 102 Å². The van der Waals surface area contributed by atoms with Gasteiger partial charge in [0.05, 0.1) is 36.3 Å². The number of morpholine rings is 1. The fourth-order valence-corrected chi connectivity index (χ4v) is 6.34. The maximum atomic E-state index is 13.5. The van der Waals surface area contributed by atoms with E-state index in [1.165, 1.54) is 10.9 Å². The number of hydrogen-bond donors (Lipinski definition) is 2. The van der Waals surface area contributed by atoms with Gasteiger partial charge in [0.25, 0.3) is 11.5 Å². The van der Waals surface area contributed by atoms with Crippen molar-refractivity contribution in [3.8, 4) is 5.69 Å². The molecular weight excluding hydrogens is 565 g/mol. The van der Waals surface area contributed by atoms with Crippen molar-refractivity contribution < 1.29 is 14.6 Å². The number of benzene rings is 2. The number of ether oxygens (including phenoxy) is 1. The van der Waals surface area contributed by atoms with E-state index in [1.807, 2.05) is 24.3 Å². The van der Waals surface area contributed by atoms with Crippen LogP contribution in [-0.2, 0) is 11.3 Å². The number of aromatic nitrogens is 3. The number of likely N-dealkylation sites (tertiary alicyclic amines) is 1. The van der Waals surface area contributed by atoms with Gasteiger partial charge in [0.15, 0.2) is 5.65 Å². The highest BCUT2D eigenvalue weighted by molar-refractivity contribution is 6.31. The molecule has 3 unspecified atom stereocenters. The first kappa shape index (κ1) is 26.7. The summed E-state index contributed by atoms with van der Waals surface area (Å²) in [6, 6.07) is 17.0. The van der Waals surface area contributed by atoms with Crippen molar-refractivity contribution >= 4 is 40.1 Å². The van der Waals surface area contributed by atoms with Crippen molar-refractivity contribution in [1.29, 1.82) is 0 Å². The predicted octanol–water partition coefficient (Wildman–Crippen LogP) is 3.96. The third-order valence-corrected chi connectivity index (χ3v) is 8.99. The maximum absolute atomic E-state index is 13.5. The third kappa shape index (κ3) is 5.06. The normalized spacial score (nSPS) is 23.4. The minimum atomic E-state index is -1.14. The third-order valence-electron chi connectivity index (χ3n) is 8.46. The molecule has 3 aliphatic rings. The van der Waals surface area contributed by atoms with Crippen LogP contribution >= 0.6 is 23.2 Å². The number of piperidine rings is 1. The first-order chi connectivity index (χ1) is 19.8. The van der Waals surface area contributed by atoms with Crippen LogP contribution in [0.3, 0.4) is 0 Å². The summed E-state index contributed by atoms with van der Waals surface area (Å²) in [7, 11) is 0. The second kappa shape index (κ2) is 10.3. The molecule has 2 saturated heterocycles. The van der Waals surface area contributed by atoms with Crippen LogP contribution in [0, 0.1) is 0 Å². The van der Waals surface area contributed by atoms with E-state index in [0.717, 1.165) is 17.7 Å². The Morgan fingerprint density at radius 3 is 2.54 bits per heavy atom. The summed E-state index contributed by atoms with van der Waals surface area (Å²) in [5, 5.41) is 16.3. The molecule has 4 aromatic rings. The van der Waals surface area contributed by atoms with Gasteiger partial charge in [-0.3, -0.25) is 18.7 Å². The number of carbonyl (C=O) groups is 1. The monoisotopic (exact) mass is 593 g/mol. The average Bonchev–Trinajstić information content (AvgIpc) is 3.68. The Balaban J connectivity index is 1.07. The number of hydrogen-bond acceptors (Lipinski definition) is 6. The molecule has 1 aliphatic carbocycles. The summed E-state index contributed by atoms with van der Waals surface area (Å²) >= 11 is 12.6. The molecule has 2 aromatic carbocycles. The Labute approximate surface area is 246 Å². The lowest BCUT2D eigenvalue weighted by Crippen LogP contribution is -2.49. The molecule has 2 N–H and O–H groups in total. The quantitative estimate of drug-likeness (QED) is 0.363. The van der Waals surface area contributed by atoms with Crippen LogP contribution < -0.4 is 10.9 Å². The number of fused-ring (bicyclic) bond motifs is 2. The molecule has 3 fully saturated rings. The standard InChI is InChI=1S/C30H29Cl2N5O4/c31-20-5-1-19(2-6-20)28(38)35-11-9-30(40,10-12-35)16-36-17-33-27-22(29(36)39)13-26(32)37(27)21-7-3-18(4-8-21)24-15-41-25-14-23(25)34-24/h1-8,13,17,23-25,34,40H,9-12,14-16H2. The highest BCUT2D eigenvalue weighted by Crippen LogP contribution is 2.34. The summed E-state index contributed by atoms with van der Waals surface area (Å²) in [5.41, 5.74) is 1.53. The predicted molar refractivity (Wildman–Crippen MR) is 156 cm³/mol. The molecule has 2 aliphatic heterocycles. The zero-order chi connectivity index (χ0) is 28.3. The zero-order valence-corrected chi connectivity index (χ0v) is 23.7. The second-order valence-electron chi connectivity index (χ2n) is 11.3. The van der Waals surface area contributed by atoms with Crippen molar-refractivity contribution in [3.05, 3.63) is 92.6 Å². The number of nitrogens with zero attached hydrogens (tertiary/aromatic N) is 4. The number of aliphatic hydroxyl groups is 1. The first-order valence-corrected chi connectivity index (χ1v) is 14.6. The fourth-order valence-electron chi connectivity index (χ4n) is 5.93. The summed E-state index contributed by atoms with van der Waals surface area (Å²) in [6.07, 6.45) is 3.58. The molecule has 212 valence electrons. The zero-order valence-electron chi connectivity index (χ0n) is 22.2. The number of carbonyl (C=O) groups excluding carboxylic acids is 1. The number of halogens is 2.